The van der Waals surface area contributed by atoms with Crippen LogP contribution in [0.1, 0.15) is 5.56 Å². The number of carbonyl (C=O) groups excluding carboxylic acids is 1. The van der Waals surface area contributed by atoms with Crippen LogP contribution in [-0.4, -0.2) is 42.8 Å². The lowest BCUT2D eigenvalue weighted by Gasteiger charge is -2.16. The minimum atomic E-state index is -0.457. The number of ether oxygens (including phenoxy) is 1. The number of cyclic esters (lactones) is 1. The molecule has 6 rings (SSSR count). The number of benzene rings is 1. The van der Waals surface area contributed by atoms with E-state index in [4.69, 9.17) is 4.74 Å². The Morgan fingerprint density at radius 2 is 2.14 bits per heavy atom. The Hall–Kier alpha value is -3.75. The molecule has 0 radical (unpaired) electrons. The molecule has 4 aromatic rings. The quantitative estimate of drug-likeness (QED) is 0.538. The van der Waals surface area contributed by atoms with Crippen molar-refractivity contribution in [3.63, 3.8) is 0 Å². The number of halogens is 1. The summed E-state index contributed by atoms with van der Waals surface area (Å²) in [6.07, 6.45) is 8.43. The third-order valence-electron chi connectivity index (χ3n) is 5.57. The smallest absolute Gasteiger partial charge is 0.415 e. The molecule has 0 spiro atoms. The van der Waals surface area contributed by atoms with Gasteiger partial charge in [0.05, 0.1) is 35.7 Å². The van der Waals surface area contributed by atoms with Gasteiger partial charge in [-0.25, -0.2) is 13.9 Å². The number of carbonyl (C=O) groups is 1. The summed E-state index contributed by atoms with van der Waals surface area (Å²) < 4.78 is 23.9. The van der Waals surface area contributed by atoms with Crippen molar-refractivity contribution in [1.29, 1.82) is 0 Å². The van der Waals surface area contributed by atoms with Crippen molar-refractivity contribution in [2.45, 2.75) is 25.1 Å². The Kier molecular flexibility index (Phi) is 3.29. The van der Waals surface area contributed by atoms with E-state index in [-0.39, 0.29) is 12.1 Å². The largest absolute Gasteiger partial charge is 0.442 e. The zero-order valence-electron chi connectivity index (χ0n) is 15.1. The van der Waals surface area contributed by atoms with Gasteiger partial charge in [-0.2, -0.15) is 0 Å². The van der Waals surface area contributed by atoms with Gasteiger partial charge in [0.25, 0.3) is 0 Å². The lowest BCUT2D eigenvalue weighted by molar-refractivity contribution is 0.117. The molecule has 9 heteroatoms. The van der Waals surface area contributed by atoms with Crippen LogP contribution in [-0.2, 0) is 17.7 Å². The van der Waals surface area contributed by atoms with E-state index >= 15 is 4.39 Å². The molecule has 3 aromatic heterocycles. The van der Waals surface area contributed by atoms with Gasteiger partial charge < -0.3 is 9.30 Å². The van der Waals surface area contributed by atoms with Gasteiger partial charge in [-0.1, -0.05) is 5.21 Å². The lowest BCUT2D eigenvalue weighted by Crippen LogP contribution is -2.35. The maximum absolute atomic E-state index is 15.0. The van der Waals surface area contributed by atoms with Crippen LogP contribution >= 0.6 is 0 Å². The summed E-state index contributed by atoms with van der Waals surface area (Å²) in [6.45, 7) is 0.408. The van der Waals surface area contributed by atoms with Crippen molar-refractivity contribution in [2.24, 2.45) is 0 Å². The number of amides is 1. The summed E-state index contributed by atoms with van der Waals surface area (Å²) in [5.41, 5.74) is 2.71. The second-order valence-corrected chi connectivity index (χ2v) is 7.26. The van der Waals surface area contributed by atoms with E-state index in [0.29, 0.717) is 24.3 Å². The van der Waals surface area contributed by atoms with Gasteiger partial charge in [0, 0.05) is 36.2 Å². The monoisotopic (exact) mass is 390 g/mol. The number of nitrogens with zero attached hydrogens (tertiary/aromatic N) is 6. The van der Waals surface area contributed by atoms with Gasteiger partial charge in [0.2, 0.25) is 0 Å². The van der Waals surface area contributed by atoms with Crippen molar-refractivity contribution >= 4 is 22.7 Å². The highest BCUT2D eigenvalue weighted by atomic mass is 19.1. The Bertz CT molecular complexity index is 1220. The Balaban J connectivity index is 1.37. The fraction of sp³-hybridized carbons (Fsp3) is 0.200. The van der Waals surface area contributed by atoms with Crippen molar-refractivity contribution in [3.8, 4) is 5.69 Å². The molecule has 1 amide bonds. The molecule has 1 fully saturated rings. The fourth-order valence-corrected chi connectivity index (χ4v) is 4.25. The third-order valence-corrected chi connectivity index (χ3v) is 5.57. The highest BCUT2D eigenvalue weighted by Crippen LogP contribution is 2.41. The number of hydrogen-bond donors (Lipinski definition) is 0. The molecule has 0 aliphatic carbocycles. The van der Waals surface area contributed by atoms with Gasteiger partial charge in [-0.15, -0.1) is 5.10 Å². The second-order valence-electron chi connectivity index (χ2n) is 7.26. The molecule has 2 aliphatic heterocycles. The molecule has 2 atom stereocenters. The first-order valence-corrected chi connectivity index (χ1v) is 9.27. The zero-order chi connectivity index (χ0) is 19.5. The fourth-order valence-electron chi connectivity index (χ4n) is 4.25. The molecule has 0 bridgehead atoms. The SMILES string of the molecule is O=C1O[C@@H](Cn2ccnn2)[C@@H]2Cc3cc(-n4cc5cccnc5c4)c(F)cc3N12. The first-order chi connectivity index (χ1) is 14.2. The number of hydrogen-bond acceptors (Lipinski definition) is 5. The predicted molar refractivity (Wildman–Crippen MR) is 101 cm³/mol. The maximum Gasteiger partial charge on any atom is 0.415 e. The van der Waals surface area contributed by atoms with E-state index in [0.717, 1.165) is 16.5 Å². The van der Waals surface area contributed by atoms with E-state index in [2.05, 4.69) is 15.3 Å². The van der Waals surface area contributed by atoms with Crippen LogP contribution in [0.2, 0.25) is 0 Å². The van der Waals surface area contributed by atoms with E-state index in [9.17, 15) is 4.79 Å². The Morgan fingerprint density at radius 3 is 2.97 bits per heavy atom. The molecule has 144 valence electrons. The van der Waals surface area contributed by atoms with Crippen LogP contribution in [0.3, 0.4) is 0 Å². The summed E-state index contributed by atoms with van der Waals surface area (Å²) >= 11 is 0. The molecule has 0 unspecified atom stereocenters. The van der Waals surface area contributed by atoms with Crippen LogP contribution in [0.5, 0.6) is 0 Å². The lowest BCUT2D eigenvalue weighted by atomic mass is 10.0. The van der Waals surface area contributed by atoms with Crippen molar-refractivity contribution in [3.05, 3.63) is 66.6 Å². The van der Waals surface area contributed by atoms with Crippen LogP contribution in [0.25, 0.3) is 16.6 Å². The standard InChI is InChI=1S/C20H15FN6O2/c21-14-8-16-13(6-17(14)25-9-12-2-1-3-22-15(12)10-25)7-18-19(29-20(28)27(16)18)11-26-5-4-23-24-26/h1-6,8-10,18-19H,7,11H2/t18-,19-/m0/s1. The predicted octanol–water partition coefficient (Wildman–Crippen LogP) is 2.71. The average molecular weight is 390 g/mol. The second kappa shape index (κ2) is 5.87. The molecule has 8 nitrogen and oxygen atoms in total. The van der Waals surface area contributed by atoms with Gasteiger partial charge in [-0.05, 0) is 30.2 Å². The van der Waals surface area contributed by atoms with Crippen molar-refractivity contribution in [1.82, 2.24) is 24.5 Å². The first-order valence-electron chi connectivity index (χ1n) is 9.27. The zero-order valence-corrected chi connectivity index (χ0v) is 15.1. The van der Waals surface area contributed by atoms with E-state index in [1.165, 1.54) is 6.07 Å². The summed E-state index contributed by atoms with van der Waals surface area (Å²) in [7, 11) is 0. The maximum atomic E-state index is 15.0. The Labute approximate surface area is 164 Å². The van der Waals surface area contributed by atoms with Crippen LogP contribution in [0, 0.1) is 5.82 Å². The van der Waals surface area contributed by atoms with Crippen LogP contribution in [0.15, 0.2) is 55.2 Å². The van der Waals surface area contributed by atoms with Crippen molar-refractivity contribution in [2.75, 3.05) is 4.90 Å². The van der Waals surface area contributed by atoms with Crippen LogP contribution in [0.4, 0.5) is 14.9 Å². The minimum Gasteiger partial charge on any atom is -0.442 e. The summed E-state index contributed by atoms with van der Waals surface area (Å²) in [6, 6.07) is 6.82. The molecule has 0 N–H and O–H groups in total. The number of anilines is 1. The Morgan fingerprint density at radius 1 is 1.21 bits per heavy atom. The highest BCUT2D eigenvalue weighted by Gasteiger charge is 2.48. The first kappa shape index (κ1) is 16.2. The van der Waals surface area contributed by atoms with Crippen molar-refractivity contribution < 1.29 is 13.9 Å². The molecule has 0 saturated carbocycles. The number of fused-ring (bicyclic) bond motifs is 4. The summed E-state index contributed by atoms with van der Waals surface area (Å²) in [4.78, 5) is 18.3. The third kappa shape index (κ3) is 2.43. The van der Waals surface area contributed by atoms with Gasteiger partial charge in [-0.3, -0.25) is 9.88 Å². The number of rotatable bonds is 3. The highest BCUT2D eigenvalue weighted by molar-refractivity contribution is 5.94. The van der Waals surface area contributed by atoms with E-state index in [1.807, 2.05) is 24.4 Å². The van der Waals surface area contributed by atoms with Gasteiger partial charge in [0.15, 0.2) is 0 Å². The summed E-state index contributed by atoms with van der Waals surface area (Å²) in [5, 5.41) is 8.66. The normalized spacial score (nSPS) is 20.2. The molecule has 1 aromatic carbocycles. The van der Waals surface area contributed by atoms with Gasteiger partial charge >= 0.3 is 6.09 Å². The van der Waals surface area contributed by atoms with E-state index in [1.54, 1.807) is 38.9 Å². The van der Waals surface area contributed by atoms with E-state index < -0.39 is 11.9 Å². The summed E-state index contributed by atoms with van der Waals surface area (Å²) in [5.74, 6) is -0.405. The average Bonchev–Trinajstić information content (AvgIpc) is 3.47. The molecular formula is C20H15FN6O2. The molecule has 1 saturated heterocycles. The number of aromatic nitrogens is 5. The molecular weight excluding hydrogens is 375 g/mol. The topological polar surface area (TPSA) is 78.1 Å². The van der Waals surface area contributed by atoms with Crippen LogP contribution < -0.4 is 4.90 Å². The molecule has 2 aliphatic rings. The van der Waals surface area contributed by atoms with Gasteiger partial charge in [0.1, 0.15) is 11.9 Å². The molecule has 29 heavy (non-hydrogen) atoms. The number of pyridine rings is 1. The molecule has 5 heterocycles. The minimum absolute atomic E-state index is 0.193.